The van der Waals surface area contributed by atoms with Crippen molar-refractivity contribution in [3.05, 3.63) is 59.4 Å². The molecule has 5 nitrogen and oxygen atoms in total. The van der Waals surface area contributed by atoms with Gasteiger partial charge in [0.15, 0.2) is 0 Å². The molecule has 1 saturated heterocycles. The van der Waals surface area contributed by atoms with E-state index in [0.717, 1.165) is 23.2 Å². The molecule has 1 aliphatic heterocycles. The first-order valence-electron chi connectivity index (χ1n) is 9.09. The Kier molecular flexibility index (Phi) is 6.25. The van der Waals surface area contributed by atoms with E-state index in [4.69, 9.17) is 11.6 Å². The maximum Gasteiger partial charge on any atom is 0.264 e. The summed E-state index contributed by atoms with van der Waals surface area (Å²) in [7, 11) is -4.03. The van der Waals surface area contributed by atoms with Gasteiger partial charge in [0.2, 0.25) is 5.91 Å². The Balaban J connectivity index is 1.97. The van der Waals surface area contributed by atoms with Crippen molar-refractivity contribution in [1.82, 2.24) is 4.90 Å². The molecule has 1 unspecified atom stereocenters. The molecule has 0 bridgehead atoms. The number of sulfonamides is 1. The molecule has 28 heavy (non-hydrogen) atoms. The monoisotopic (exact) mass is 424 g/mol. The van der Waals surface area contributed by atoms with E-state index in [1.807, 2.05) is 0 Å². The molecule has 0 aliphatic carbocycles. The van der Waals surface area contributed by atoms with E-state index in [1.165, 1.54) is 24.3 Å². The van der Waals surface area contributed by atoms with E-state index in [0.29, 0.717) is 19.0 Å². The highest BCUT2D eigenvalue weighted by Crippen LogP contribution is 2.28. The number of carbonyl (C=O) groups is 1. The van der Waals surface area contributed by atoms with E-state index >= 15 is 0 Å². The number of hydrogen-bond acceptors (Lipinski definition) is 3. The van der Waals surface area contributed by atoms with E-state index in [2.05, 4.69) is 6.92 Å². The lowest BCUT2D eigenvalue weighted by Gasteiger charge is -2.33. The van der Waals surface area contributed by atoms with Crippen molar-refractivity contribution in [1.29, 1.82) is 0 Å². The topological polar surface area (TPSA) is 57.7 Å². The first kappa shape index (κ1) is 20.6. The Morgan fingerprint density at radius 2 is 1.96 bits per heavy atom. The van der Waals surface area contributed by atoms with Crippen molar-refractivity contribution in [3.63, 3.8) is 0 Å². The highest BCUT2D eigenvalue weighted by atomic mass is 35.5. The number of carbonyl (C=O) groups excluding carboxylic acids is 1. The number of benzene rings is 2. The van der Waals surface area contributed by atoms with Crippen LogP contribution in [-0.4, -0.2) is 38.9 Å². The van der Waals surface area contributed by atoms with Crippen LogP contribution >= 0.6 is 11.6 Å². The molecule has 1 atom stereocenters. The summed E-state index contributed by atoms with van der Waals surface area (Å²) < 4.78 is 41.1. The number of anilines is 1. The molecule has 1 heterocycles. The van der Waals surface area contributed by atoms with Gasteiger partial charge in [0.05, 0.1) is 15.6 Å². The molecular formula is C20H22ClFN2O3S. The van der Waals surface area contributed by atoms with Crippen LogP contribution in [0.2, 0.25) is 5.02 Å². The lowest BCUT2D eigenvalue weighted by atomic mass is 10.0. The molecule has 0 saturated carbocycles. The highest BCUT2D eigenvalue weighted by molar-refractivity contribution is 7.92. The SMILES string of the molecule is CC1CCCN(C(=O)CN(c2ccc(F)c(Cl)c2)S(=O)(=O)c2ccccc2)C1. The third-order valence-corrected chi connectivity index (χ3v) is 6.89. The summed E-state index contributed by atoms with van der Waals surface area (Å²) in [6.45, 7) is 2.90. The van der Waals surface area contributed by atoms with Crippen LogP contribution in [0.1, 0.15) is 19.8 Å². The Labute approximate surface area is 169 Å². The maximum absolute atomic E-state index is 13.6. The maximum atomic E-state index is 13.6. The van der Waals surface area contributed by atoms with E-state index in [1.54, 1.807) is 23.1 Å². The largest absolute Gasteiger partial charge is 0.341 e. The van der Waals surface area contributed by atoms with Gasteiger partial charge in [-0.15, -0.1) is 0 Å². The molecule has 2 aromatic carbocycles. The fourth-order valence-electron chi connectivity index (χ4n) is 3.31. The third-order valence-electron chi connectivity index (χ3n) is 4.81. The van der Waals surface area contributed by atoms with Crippen molar-refractivity contribution >= 4 is 33.2 Å². The summed E-state index contributed by atoms with van der Waals surface area (Å²) in [5.41, 5.74) is 0.147. The summed E-state index contributed by atoms with van der Waals surface area (Å²) in [6, 6.07) is 11.5. The molecule has 1 aliphatic rings. The minimum absolute atomic E-state index is 0.0512. The zero-order chi connectivity index (χ0) is 20.3. The number of hydrogen-bond donors (Lipinski definition) is 0. The molecule has 2 aromatic rings. The average molecular weight is 425 g/mol. The predicted octanol–water partition coefficient (Wildman–Crippen LogP) is 3.93. The Hall–Kier alpha value is -2.12. The van der Waals surface area contributed by atoms with Crippen molar-refractivity contribution < 1.29 is 17.6 Å². The van der Waals surface area contributed by atoms with Gasteiger partial charge in [-0.1, -0.05) is 36.7 Å². The number of likely N-dealkylation sites (tertiary alicyclic amines) is 1. The van der Waals surface area contributed by atoms with E-state index < -0.39 is 15.8 Å². The summed E-state index contributed by atoms with van der Waals surface area (Å²) in [5, 5.41) is -0.204. The van der Waals surface area contributed by atoms with Crippen LogP contribution in [0.15, 0.2) is 53.4 Å². The molecule has 8 heteroatoms. The third kappa shape index (κ3) is 4.47. The van der Waals surface area contributed by atoms with E-state index in [-0.39, 0.29) is 28.1 Å². The second-order valence-electron chi connectivity index (χ2n) is 7.01. The Morgan fingerprint density at radius 1 is 1.25 bits per heavy atom. The lowest BCUT2D eigenvalue weighted by Crippen LogP contribution is -2.46. The predicted molar refractivity (Wildman–Crippen MR) is 107 cm³/mol. The van der Waals surface area contributed by atoms with Crippen LogP contribution < -0.4 is 4.31 Å². The number of piperidine rings is 1. The zero-order valence-corrected chi connectivity index (χ0v) is 17.1. The molecular weight excluding hydrogens is 403 g/mol. The molecule has 3 rings (SSSR count). The lowest BCUT2D eigenvalue weighted by molar-refractivity contribution is -0.131. The van der Waals surface area contributed by atoms with E-state index in [9.17, 15) is 17.6 Å². The number of nitrogens with zero attached hydrogens (tertiary/aromatic N) is 2. The second-order valence-corrected chi connectivity index (χ2v) is 9.28. The first-order chi connectivity index (χ1) is 13.3. The molecule has 0 N–H and O–H groups in total. The first-order valence-corrected chi connectivity index (χ1v) is 10.9. The van der Waals surface area contributed by atoms with Gasteiger partial charge in [-0.25, -0.2) is 12.8 Å². The molecule has 0 radical (unpaired) electrons. The number of amides is 1. The summed E-state index contributed by atoms with van der Waals surface area (Å²) >= 11 is 5.87. The minimum atomic E-state index is -4.03. The van der Waals surface area contributed by atoms with Crippen molar-refractivity contribution in [2.24, 2.45) is 5.92 Å². The van der Waals surface area contributed by atoms with Crippen LogP contribution in [0.25, 0.3) is 0 Å². The van der Waals surface area contributed by atoms with Gasteiger partial charge in [-0.05, 0) is 49.1 Å². The molecule has 0 spiro atoms. The van der Waals surface area contributed by atoms with Crippen molar-refractivity contribution in [2.45, 2.75) is 24.7 Å². The smallest absolute Gasteiger partial charge is 0.264 e. The van der Waals surface area contributed by atoms with Crippen LogP contribution in [0.5, 0.6) is 0 Å². The van der Waals surface area contributed by atoms with Gasteiger partial charge in [0.25, 0.3) is 10.0 Å². The minimum Gasteiger partial charge on any atom is -0.341 e. The highest BCUT2D eigenvalue weighted by Gasteiger charge is 2.30. The molecule has 1 fully saturated rings. The van der Waals surface area contributed by atoms with Crippen LogP contribution in [0.3, 0.4) is 0 Å². The fourth-order valence-corrected chi connectivity index (χ4v) is 4.92. The van der Waals surface area contributed by atoms with Gasteiger partial charge in [-0.3, -0.25) is 9.10 Å². The van der Waals surface area contributed by atoms with Crippen LogP contribution in [0, 0.1) is 11.7 Å². The number of halogens is 2. The van der Waals surface area contributed by atoms with Gasteiger partial charge in [0, 0.05) is 13.1 Å². The summed E-state index contributed by atoms with van der Waals surface area (Å²) in [6.07, 6.45) is 1.93. The summed E-state index contributed by atoms with van der Waals surface area (Å²) in [5.74, 6) is -0.567. The molecule has 150 valence electrons. The Bertz CT molecular complexity index is 953. The van der Waals surface area contributed by atoms with Crippen LogP contribution in [-0.2, 0) is 14.8 Å². The average Bonchev–Trinajstić information content (AvgIpc) is 2.68. The standard InChI is InChI=1S/C20H22ClFN2O3S/c1-15-6-5-11-23(13-15)20(25)14-24(16-9-10-19(22)18(21)12-16)28(26,27)17-7-3-2-4-8-17/h2-4,7-10,12,15H,5-6,11,13-14H2,1H3. The molecule has 0 aromatic heterocycles. The van der Waals surface area contributed by atoms with Crippen molar-refractivity contribution in [2.75, 3.05) is 23.9 Å². The summed E-state index contributed by atoms with van der Waals surface area (Å²) in [4.78, 5) is 14.6. The van der Waals surface area contributed by atoms with Gasteiger partial charge >= 0.3 is 0 Å². The van der Waals surface area contributed by atoms with Gasteiger partial charge in [0.1, 0.15) is 12.4 Å². The quantitative estimate of drug-likeness (QED) is 0.730. The van der Waals surface area contributed by atoms with Gasteiger partial charge < -0.3 is 4.90 Å². The normalized spacial score (nSPS) is 17.4. The Morgan fingerprint density at radius 3 is 2.61 bits per heavy atom. The van der Waals surface area contributed by atoms with Crippen LogP contribution in [0.4, 0.5) is 10.1 Å². The fraction of sp³-hybridized carbons (Fsp3) is 0.350. The van der Waals surface area contributed by atoms with Gasteiger partial charge in [-0.2, -0.15) is 0 Å². The number of rotatable bonds is 5. The zero-order valence-electron chi connectivity index (χ0n) is 15.5. The second kappa shape index (κ2) is 8.49. The van der Waals surface area contributed by atoms with Crippen molar-refractivity contribution in [3.8, 4) is 0 Å². The molecule has 1 amide bonds.